The molecule has 4 nitrogen and oxygen atoms in total. The molecule has 134 valence electrons. The lowest BCUT2D eigenvalue weighted by Gasteiger charge is -2.23. The van der Waals surface area contributed by atoms with Crippen LogP contribution in [-0.4, -0.2) is 30.6 Å². The highest BCUT2D eigenvalue weighted by molar-refractivity contribution is 7.13. The Bertz CT molecular complexity index is 755. The fourth-order valence-electron chi connectivity index (χ4n) is 2.76. The fourth-order valence-corrected chi connectivity index (χ4v) is 3.77. The van der Waals surface area contributed by atoms with Crippen molar-refractivity contribution >= 4 is 17.2 Å². The second kappa shape index (κ2) is 7.22. The van der Waals surface area contributed by atoms with Gasteiger partial charge in [-0.2, -0.15) is 0 Å². The molecular formula is C19H23FN2O2S. The average molecular weight is 362 g/mol. The summed E-state index contributed by atoms with van der Waals surface area (Å²) in [4.78, 5) is 17.2. The van der Waals surface area contributed by atoms with E-state index in [0.29, 0.717) is 28.7 Å². The number of ether oxygens (including phenoxy) is 1. The van der Waals surface area contributed by atoms with E-state index in [1.807, 2.05) is 19.2 Å². The maximum Gasteiger partial charge on any atom is 0.231 e. The van der Waals surface area contributed by atoms with Gasteiger partial charge in [0.05, 0.1) is 17.2 Å². The summed E-state index contributed by atoms with van der Waals surface area (Å²) in [5.41, 5.74) is 0.318. The highest BCUT2D eigenvalue weighted by Gasteiger charge is 2.35. The number of thiazole rings is 1. The number of hydrogen-bond donors (Lipinski definition) is 1. The fraction of sp³-hybridized carbons (Fsp3) is 0.474. The molecule has 1 aromatic carbocycles. The minimum atomic E-state index is -0.790. The Morgan fingerprint density at radius 3 is 2.80 bits per heavy atom. The van der Waals surface area contributed by atoms with Crippen LogP contribution in [0.1, 0.15) is 32.4 Å². The van der Waals surface area contributed by atoms with Crippen molar-refractivity contribution in [3.63, 3.8) is 0 Å². The number of hydrogen-bond acceptors (Lipinski definition) is 4. The minimum absolute atomic E-state index is 0.0733. The summed E-state index contributed by atoms with van der Waals surface area (Å²) < 4.78 is 19.4. The number of amides is 1. The zero-order valence-electron chi connectivity index (χ0n) is 14.7. The van der Waals surface area contributed by atoms with Crippen LogP contribution in [0.5, 0.6) is 0 Å². The van der Waals surface area contributed by atoms with Crippen molar-refractivity contribution in [2.75, 3.05) is 13.7 Å². The van der Waals surface area contributed by atoms with E-state index < -0.39 is 5.41 Å². The summed E-state index contributed by atoms with van der Waals surface area (Å²) in [6.45, 7) is 4.18. The first-order valence-corrected chi connectivity index (χ1v) is 9.33. The van der Waals surface area contributed by atoms with Crippen molar-refractivity contribution in [3.05, 3.63) is 41.2 Å². The number of carbonyl (C=O) groups excluding carboxylic acids is 1. The van der Waals surface area contributed by atoms with Crippen LogP contribution in [-0.2, 0) is 14.9 Å². The van der Waals surface area contributed by atoms with Crippen molar-refractivity contribution in [2.24, 2.45) is 5.92 Å². The Morgan fingerprint density at radius 1 is 1.44 bits per heavy atom. The molecule has 1 N–H and O–H groups in total. The number of benzene rings is 1. The van der Waals surface area contributed by atoms with Crippen molar-refractivity contribution < 1.29 is 13.9 Å². The van der Waals surface area contributed by atoms with Crippen LogP contribution in [0.25, 0.3) is 10.6 Å². The van der Waals surface area contributed by atoms with Crippen LogP contribution < -0.4 is 5.32 Å². The van der Waals surface area contributed by atoms with Gasteiger partial charge in [0.2, 0.25) is 5.91 Å². The average Bonchev–Trinajstić information content (AvgIpc) is 3.31. The summed E-state index contributed by atoms with van der Waals surface area (Å²) in [5.74, 6) is 0.152. The normalized spacial score (nSPS) is 15.8. The van der Waals surface area contributed by atoms with E-state index in [1.54, 1.807) is 25.3 Å². The first-order valence-electron chi connectivity index (χ1n) is 8.45. The van der Waals surface area contributed by atoms with E-state index in [9.17, 15) is 9.18 Å². The van der Waals surface area contributed by atoms with Gasteiger partial charge in [-0.15, -0.1) is 11.3 Å². The van der Waals surface area contributed by atoms with Gasteiger partial charge in [0, 0.05) is 24.6 Å². The van der Waals surface area contributed by atoms with Crippen molar-refractivity contribution in [1.29, 1.82) is 0 Å². The number of rotatable bonds is 7. The molecule has 2 aromatic rings. The topological polar surface area (TPSA) is 51.2 Å². The zero-order chi connectivity index (χ0) is 18.0. The quantitative estimate of drug-likeness (QED) is 0.816. The zero-order valence-corrected chi connectivity index (χ0v) is 15.5. The Kier molecular flexibility index (Phi) is 5.20. The first kappa shape index (κ1) is 18.0. The molecule has 25 heavy (non-hydrogen) atoms. The molecule has 0 spiro atoms. The second-order valence-electron chi connectivity index (χ2n) is 6.96. The molecule has 1 aromatic heterocycles. The van der Waals surface area contributed by atoms with Gasteiger partial charge in [0.25, 0.3) is 0 Å². The first-order chi connectivity index (χ1) is 11.9. The highest BCUT2D eigenvalue weighted by Crippen LogP contribution is 2.34. The largest absolute Gasteiger partial charge is 0.379 e. The Hall–Kier alpha value is -1.79. The van der Waals surface area contributed by atoms with Gasteiger partial charge in [0.15, 0.2) is 0 Å². The van der Waals surface area contributed by atoms with Gasteiger partial charge in [0.1, 0.15) is 10.8 Å². The summed E-state index contributed by atoms with van der Waals surface area (Å²) in [6, 6.07) is 6.54. The van der Waals surface area contributed by atoms with E-state index in [2.05, 4.69) is 10.3 Å². The number of carbonyl (C=O) groups is 1. The number of nitrogens with one attached hydrogen (secondary N) is 1. The molecule has 1 aliphatic rings. The van der Waals surface area contributed by atoms with Gasteiger partial charge in [-0.05, 0) is 44.7 Å². The summed E-state index contributed by atoms with van der Waals surface area (Å²) in [5, 5.41) is 5.40. The molecule has 1 atom stereocenters. The van der Waals surface area contributed by atoms with E-state index in [0.717, 1.165) is 12.8 Å². The van der Waals surface area contributed by atoms with Gasteiger partial charge < -0.3 is 10.1 Å². The Labute approximate surface area is 151 Å². The smallest absolute Gasteiger partial charge is 0.231 e. The molecular weight excluding hydrogens is 339 g/mol. The molecule has 0 radical (unpaired) electrons. The maximum atomic E-state index is 13.9. The van der Waals surface area contributed by atoms with Crippen LogP contribution in [0.4, 0.5) is 4.39 Å². The van der Waals surface area contributed by atoms with Crippen molar-refractivity contribution in [1.82, 2.24) is 10.3 Å². The molecule has 6 heteroatoms. The number of halogens is 1. The predicted octanol–water partition coefficient (Wildman–Crippen LogP) is 3.77. The van der Waals surface area contributed by atoms with E-state index in [-0.39, 0.29) is 17.8 Å². The maximum absolute atomic E-state index is 13.9. The van der Waals surface area contributed by atoms with Crippen molar-refractivity contribution in [2.45, 2.75) is 38.2 Å². The molecule has 1 aliphatic carbocycles. The molecule has 1 amide bonds. The molecule has 0 aliphatic heterocycles. The Balaban J connectivity index is 1.71. The van der Waals surface area contributed by atoms with Crippen molar-refractivity contribution in [3.8, 4) is 10.6 Å². The standard InChI is InChI=1S/C19H23FN2O2S/c1-19(2,18(23)21-10-15(24-3)12-8-9-12)16-11-25-17(22-16)13-6-4-5-7-14(13)20/h4-7,11-12,15H,8-10H2,1-3H3,(H,21,23). The third-order valence-corrected chi connectivity index (χ3v) is 5.61. The Morgan fingerprint density at radius 2 is 2.16 bits per heavy atom. The van der Waals surface area contributed by atoms with Gasteiger partial charge in [-0.3, -0.25) is 4.79 Å². The number of nitrogens with zero attached hydrogens (tertiary/aromatic N) is 1. The number of aromatic nitrogens is 1. The molecule has 1 saturated carbocycles. The van der Waals surface area contributed by atoms with Gasteiger partial charge in [-0.25, -0.2) is 9.37 Å². The monoisotopic (exact) mass is 362 g/mol. The third-order valence-electron chi connectivity index (χ3n) is 4.73. The lowest BCUT2D eigenvalue weighted by atomic mass is 9.89. The van der Waals surface area contributed by atoms with Crippen LogP contribution in [0.3, 0.4) is 0 Å². The minimum Gasteiger partial charge on any atom is -0.379 e. The summed E-state index contributed by atoms with van der Waals surface area (Å²) in [7, 11) is 1.68. The van der Waals surface area contributed by atoms with E-state index in [1.165, 1.54) is 17.4 Å². The van der Waals surface area contributed by atoms with E-state index in [4.69, 9.17) is 4.74 Å². The van der Waals surface area contributed by atoms with E-state index >= 15 is 0 Å². The molecule has 1 heterocycles. The lowest BCUT2D eigenvalue weighted by molar-refractivity contribution is -0.126. The van der Waals surface area contributed by atoms with Gasteiger partial charge >= 0.3 is 0 Å². The SMILES string of the molecule is COC(CNC(=O)C(C)(C)c1csc(-c2ccccc2F)n1)C1CC1. The molecule has 1 fully saturated rings. The molecule has 0 bridgehead atoms. The van der Waals surface area contributed by atoms with Crippen LogP contribution >= 0.6 is 11.3 Å². The van der Waals surface area contributed by atoms with Crippen LogP contribution in [0, 0.1) is 11.7 Å². The highest BCUT2D eigenvalue weighted by atomic mass is 32.1. The molecule has 3 rings (SSSR count). The van der Waals surface area contributed by atoms with Crippen LogP contribution in [0.15, 0.2) is 29.6 Å². The summed E-state index contributed by atoms with van der Waals surface area (Å²) in [6.07, 6.45) is 2.40. The molecule has 1 unspecified atom stereocenters. The summed E-state index contributed by atoms with van der Waals surface area (Å²) >= 11 is 1.35. The second-order valence-corrected chi connectivity index (χ2v) is 7.82. The van der Waals surface area contributed by atoms with Gasteiger partial charge in [-0.1, -0.05) is 12.1 Å². The lowest BCUT2D eigenvalue weighted by Crippen LogP contribution is -2.44. The third kappa shape index (κ3) is 3.90. The number of methoxy groups -OCH3 is 1. The van der Waals surface area contributed by atoms with Crippen LogP contribution in [0.2, 0.25) is 0 Å². The predicted molar refractivity (Wildman–Crippen MR) is 97.1 cm³/mol. The molecule has 0 saturated heterocycles.